The fourth-order valence-corrected chi connectivity index (χ4v) is 3.06. The number of ether oxygens (including phenoxy) is 1. The largest absolute Gasteiger partial charge is 0.376 e. The monoisotopic (exact) mass is 269 g/mol. The summed E-state index contributed by atoms with van der Waals surface area (Å²) in [4.78, 5) is 4.84. The van der Waals surface area contributed by atoms with E-state index in [1.807, 2.05) is 12.1 Å². The van der Waals surface area contributed by atoms with Gasteiger partial charge in [0, 0.05) is 22.8 Å². The van der Waals surface area contributed by atoms with Crippen LogP contribution in [0.3, 0.4) is 0 Å². The molecule has 2 aromatic carbocycles. The standard InChI is InChI=1S/C16H12ClNO/c17-15-12-6-5-10-3-1-2-4-11(10)16(12)18-14-7-8-19-9-13(14)15/h1-6H,7-9H2. The fourth-order valence-electron chi connectivity index (χ4n) is 2.74. The second-order valence-corrected chi connectivity index (χ2v) is 5.21. The van der Waals surface area contributed by atoms with Crippen LogP contribution in [0, 0.1) is 0 Å². The summed E-state index contributed by atoms with van der Waals surface area (Å²) in [6.07, 6.45) is 0.841. The molecule has 0 atom stereocenters. The van der Waals surface area contributed by atoms with Gasteiger partial charge in [-0.3, -0.25) is 4.98 Å². The molecule has 2 nitrogen and oxygen atoms in total. The third-order valence-electron chi connectivity index (χ3n) is 3.73. The molecule has 0 unspecified atom stereocenters. The van der Waals surface area contributed by atoms with Gasteiger partial charge in [0.05, 0.1) is 29.4 Å². The highest BCUT2D eigenvalue weighted by Crippen LogP contribution is 2.34. The third kappa shape index (κ3) is 1.64. The Hall–Kier alpha value is -1.64. The average molecular weight is 270 g/mol. The molecule has 0 bridgehead atoms. The summed E-state index contributed by atoms with van der Waals surface area (Å²) in [5, 5.41) is 4.18. The molecule has 94 valence electrons. The molecule has 0 radical (unpaired) electrons. The maximum Gasteiger partial charge on any atom is 0.0798 e. The van der Waals surface area contributed by atoms with Crippen LogP contribution in [-0.2, 0) is 17.8 Å². The molecule has 3 heteroatoms. The second kappa shape index (κ2) is 4.19. The van der Waals surface area contributed by atoms with E-state index in [2.05, 4.69) is 24.3 Å². The Bertz CT molecular complexity index is 797. The van der Waals surface area contributed by atoms with Crippen molar-refractivity contribution in [2.75, 3.05) is 6.61 Å². The number of nitrogens with zero attached hydrogens (tertiary/aromatic N) is 1. The summed E-state index contributed by atoms with van der Waals surface area (Å²) in [7, 11) is 0. The zero-order valence-corrected chi connectivity index (χ0v) is 11.1. The molecule has 19 heavy (non-hydrogen) atoms. The van der Waals surface area contributed by atoms with Gasteiger partial charge < -0.3 is 4.74 Å². The van der Waals surface area contributed by atoms with Crippen molar-refractivity contribution in [2.24, 2.45) is 0 Å². The Labute approximate surface area is 116 Å². The van der Waals surface area contributed by atoms with Crippen LogP contribution in [0.25, 0.3) is 21.7 Å². The molecule has 0 saturated carbocycles. The minimum absolute atomic E-state index is 0.573. The van der Waals surface area contributed by atoms with Crippen LogP contribution in [-0.4, -0.2) is 11.6 Å². The van der Waals surface area contributed by atoms with E-state index < -0.39 is 0 Å². The van der Waals surface area contributed by atoms with Crippen molar-refractivity contribution in [2.45, 2.75) is 13.0 Å². The molecule has 0 spiro atoms. The Balaban J connectivity index is 2.17. The van der Waals surface area contributed by atoms with Gasteiger partial charge in [0.2, 0.25) is 0 Å². The van der Waals surface area contributed by atoms with Gasteiger partial charge in [-0.05, 0) is 5.39 Å². The third-order valence-corrected chi connectivity index (χ3v) is 4.16. The van der Waals surface area contributed by atoms with Gasteiger partial charge >= 0.3 is 0 Å². The molecule has 1 aliphatic rings. The van der Waals surface area contributed by atoms with Crippen molar-refractivity contribution >= 4 is 33.3 Å². The number of aromatic nitrogens is 1. The van der Waals surface area contributed by atoms with Crippen molar-refractivity contribution in [1.29, 1.82) is 0 Å². The van der Waals surface area contributed by atoms with Gasteiger partial charge in [0.15, 0.2) is 0 Å². The van der Waals surface area contributed by atoms with Crippen LogP contribution in [0.5, 0.6) is 0 Å². The van der Waals surface area contributed by atoms with E-state index in [0.29, 0.717) is 6.61 Å². The lowest BCUT2D eigenvalue weighted by Crippen LogP contribution is -2.12. The van der Waals surface area contributed by atoms with Gasteiger partial charge in [-0.2, -0.15) is 0 Å². The van der Waals surface area contributed by atoms with Crippen molar-refractivity contribution < 1.29 is 4.74 Å². The van der Waals surface area contributed by atoms with Gasteiger partial charge in [0.25, 0.3) is 0 Å². The van der Waals surface area contributed by atoms with Gasteiger partial charge in [-0.1, -0.05) is 48.0 Å². The summed E-state index contributed by atoms with van der Waals surface area (Å²) in [6, 6.07) is 12.4. The van der Waals surface area contributed by atoms with Crippen LogP contribution in [0.1, 0.15) is 11.3 Å². The van der Waals surface area contributed by atoms with Crippen LogP contribution in [0.15, 0.2) is 36.4 Å². The second-order valence-electron chi connectivity index (χ2n) is 4.84. The summed E-state index contributed by atoms with van der Waals surface area (Å²) >= 11 is 6.54. The highest BCUT2D eigenvalue weighted by molar-refractivity contribution is 6.37. The topological polar surface area (TPSA) is 22.1 Å². The van der Waals surface area contributed by atoms with E-state index in [1.165, 1.54) is 5.39 Å². The van der Waals surface area contributed by atoms with Crippen LogP contribution in [0.4, 0.5) is 0 Å². The molecule has 0 saturated heterocycles. The van der Waals surface area contributed by atoms with Crippen molar-refractivity contribution in [3.63, 3.8) is 0 Å². The fraction of sp³-hybridized carbons (Fsp3) is 0.188. The van der Waals surface area contributed by atoms with Crippen molar-refractivity contribution in [3.8, 4) is 0 Å². The minimum Gasteiger partial charge on any atom is -0.376 e. The van der Waals surface area contributed by atoms with Crippen molar-refractivity contribution in [1.82, 2.24) is 4.98 Å². The van der Waals surface area contributed by atoms with Gasteiger partial charge in [-0.15, -0.1) is 0 Å². The lowest BCUT2D eigenvalue weighted by atomic mass is 10.0. The lowest BCUT2D eigenvalue weighted by Gasteiger charge is -2.18. The number of hydrogen-bond acceptors (Lipinski definition) is 2. The van der Waals surface area contributed by atoms with Crippen molar-refractivity contribution in [3.05, 3.63) is 52.7 Å². The molecule has 2 heterocycles. The molecule has 3 aromatic rings. The number of fused-ring (bicyclic) bond motifs is 4. The van der Waals surface area contributed by atoms with Crippen LogP contribution >= 0.6 is 11.6 Å². The lowest BCUT2D eigenvalue weighted by molar-refractivity contribution is 0.109. The molecule has 0 fully saturated rings. The molecule has 0 amide bonds. The van der Waals surface area contributed by atoms with E-state index in [9.17, 15) is 0 Å². The molecule has 1 aliphatic heterocycles. The summed E-state index contributed by atoms with van der Waals surface area (Å²) < 4.78 is 5.49. The predicted octanol–water partition coefficient (Wildman–Crippen LogP) is 4.11. The number of halogens is 1. The number of pyridine rings is 1. The molecule has 1 aromatic heterocycles. The molecular weight excluding hydrogens is 258 g/mol. The Morgan fingerprint density at radius 1 is 1.05 bits per heavy atom. The quantitative estimate of drug-likeness (QED) is 0.573. The van der Waals surface area contributed by atoms with E-state index >= 15 is 0 Å². The molecule has 4 rings (SSSR count). The SMILES string of the molecule is Clc1c2c(nc3c1ccc1ccccc13)CCOC2. The molecular formula is C16H12ClNO. The van der Waals surface area contributed by atoms with E-state index in [1.54, 1.807) is 0 Å². The van der Waals surface area contributed by atoms with Crippen LogP contribution < -0.4 is 0 Å². The van der Waals surface area contributed by atoms with Gasteiger partial charge in [0.1, 0.15) is 0 Å². The Kier molecular flexibility index (Phi) is 2.47. The summed E-state index contributed by atoms with van der Waals surface area (Å²) in [6.45, 7) is 1.30. The zero-order chi connectivity index (χ0) is 12.8. The normalized spacial score (nSPS) is 14.8. The maximum atomic E-state index is 6.54. The van der Waals surface area contributed by atoms with E-state index in [4.69, 9.17) is 21.3 Å². The minimum atomic E-state index is 0.573. The maximum absolute atomic E-state index is 6.54. The number of benzene rings is 2. The summed E-state index contributed by atoms with van der Waals surface area (Å²) in [5.41, 5.74) is 3.14. The smallest absolute Gasteiger partial charge is 0.0798 e. The number of hydrogen-bond donors (Lipinski definition) is 0. The highest BCUT2D eigenvalue weighted by Gasteiger charge is 2.18. The summed E-state index contributed by atoms with van der Waals surface area (Å²) in [5.74, 6) is 0. The Morgan fingerprint density at radius 2 is 1.95 bits per heavy atom. The first kappa shape index (κ1) is 11.2. The first-order valence-corrected chi connectivity index (χ1v) is 6.79. The van der Waals surface area contributed by atoms with Gasteiger partial charge in [-0.25, -0.2) is 0 Å². The van der Waals surface area contributed by atoms with E-state index in [0.717, 1.165) is 45.6 Å². The zero-order valence-electron chi connectivity index (χ0n) is 10.3. The first-order valence-electron chi connectivity index (χ1n) is 6.41. The van der Waals surface area contributed by atoms with E-state index in [-0.39, 0.29) is 0 Å². The average Bonchev–Trinajstić information content (AvgIpc) is 2.47. The van der Waals surface area contributed by atoms with Crippen LogP contribution in [0.2, 0.25) is 5.02 Å². The predicted molar refractivity (Wildman–Crippen MR) is 77.6 cm³/mol. The molecule has 0 N–H and O–H groups in total. The Morgan fingerprint density at radius 3 is 2.89 bits per heavy atom. The highest BCUT2D eigenvalue weighted by atomic mass is 35.5. The molecule has 0 aliphatic carbocycles. The first-order chi connectivity index (χ1) is 9.34. The number of rotatable bonds is 0.